The molecule has 2 atom stereocenters. The van der Waals surface area contributed by atoms with Crippen LogP contribution in [0, 0.1) is 0 Å². The summed E-state index contributed by atoms with van der Waals surface area (Å²) < 4.78 is 1.85. The highest BCUT2D eigenvalue weighted by Gasteiger charge is 2.38. The number of amides is 2. The predicted molar refractivity (Wildman–Crippen MR) is 143 cm³/mol. The quantitative estimate of drug-likeness (QED) is 0.334. The number of rotatable bonds is 4. The standard InChI is InChI=1S/C28H28ClN5O2/c1-17(2)34-26-14-9-20(16-24(26)30-31-34)28(36)32-18(3)15-27(23-7-5-6-8-25(23)32)33(19(4)35)22-12-10-21(29)11-13-22/h5-14,16-18,27H,15H2,1-4H3/t18-,27+/m0/s1. The molecule has 0 radical (unpaired) electrons. The molecular formula is C28H28ClN5O2. The van der Waals surface area contributed by atoms with Crippen LogP contribution in [0.15, 0.2) is 66.7 Å². The number of carbonyl (C=O) groups excluding carboxylic acids is 2. The largest absolute Gasteiger partial charge is 0.305 e. The fraction of sp³-hybridized carbons (Fsp3) is 0.286. The first-order chi connectivity index (χ1) is 17.3. The van der Waals surface area contributed by atoms with E-state index in [1.165, 1.54) is 0 Å². The molecule has 0 bridgehead atoms. The molecule has 1 aliphatic rings. The van der Waals surface area contributed by atoms with Crippen LogP contribution in [0.2, 0.25) is 5.02 Å². The zero-order chi connectivity index (χ0) is 25.6. The van der Waals surface area contributed by atoms with Gasteiger partial charge in [0.2, 0.25) is 5.91 Å². The van der Waals surface area contributed by atoms with E-state index in [-0.39, 0.29) is 29.9 Å². The van der Waals surface area contributed by atoms with Gasteiger partial charge in [0.1, 0.15) is 5.52 Å². The molecule has 36 heavy (non-hydrogen) atoms. The van der Waals surface area contributed by atoms with Gasteiger partial charge in [0.25, 0.3) is 5.91 Å². The molecule has 0 N–H and O–H groups in total. The van der Waals surface area contributed by atoms with Crippen LogP contribution in [0.3, 0.4) is 0 Å². The highest BCUT2D eigenvalue weighted by Crippen LogP contribution is 2.43. The second-order valence-corrected chi connectivity index (χ2v) is 9.97. The molecule has 0 spiro atoms. The van der Waals surface area contributed by atoms with Crippen molar-refractivity contribution < 1.29 is 9.59 Å². The monoisotopic (exact) mass is 501 g/mol. The Morgan fingerprint density at radius 3 is 2.47 bits per heavy atom. The first kappa shape index (κ1) is 24.0. The van der Waals surface area contributed by atoms with Crippen LogP contribution < -0.4 is 9.80 Å². The molecule has 0 unspecified atom stereocenters. The molecule has 1 aliphatic heterocycles. The summed E-state index contributed by atoms with van der Waals surface area (Å²) in [4.78, 5) is 30.3. The third-order valence-corrected chi connectivity index (χ3v) is 6.99. The molecule has 2 heterocycles. The molecule has 2 amide bonds. The fourth-order valence-electron chi connectivity index (χ4n) is 5.11. The van der Waals surface area contributed by atoms with E-state index in [1.54, 1.807) is 30.0 Å². The molecule has 3 aromatic carbocycles. The van der Waals surface area contributed by atoms with Crippen molar-refractivity contribution in [2.24, 2.45) is 0 Å². The van der Waals surface area contributed by atoms with E-state index >= 15 is 0 Å². The second kappa shape index (κ2) is 9.39. The highest BCUT2D eigenvalue weighted by molar-refractivity contribution is 6.30. The molecule has 1 aromatic heterocycles. The minimum atomic E-state index is -0.215. The van der Waals surface area contributed by atoms with E-state index in [0.29, 0.717) is 22.5 Å². The number of halogens is 1. The summed E-state index contributed by atoms with van der Waals surface area (Å²) >= 11 is 6.09. The third kappa shape index (κ3) is 4.13. The van der Waals surface area contributed by atoms with E-state index in [1.807, 2.05) is 78.9 Å². The lowest BCUT2D eigenvalue weighted by molar-refractivity contribution is -0.117. The molecule has 0 saturated carbocycles. The molecule has 184 valence electrons. The van der Waals surface area contributed by atoms with Crippen molar-refractivity contribution in [1.82, 2.24) is 15.0 Å². The predicted octanol–water partition coefficient (Wildman–Crippen LogP) is 6.20. The molecule has 4 aromatic rings. The smallest absolute Gasteiger partial charge is 0.258 e. The van der Waals surface area contributed by atoms with Crippen molar-refractivity contribution in [3.05, 3.63) is 82.9 Å². The highest BCUT2D eigenvalue weighted by atomic mass is 35.5. The maximum atomic E-state index is 13.9. The molecule has 8 heteroatoms. The second-order valence-electron chi connectivity index (χ2n) is 9.53. The van der Waals surface area contributed by atoms with Crippen molar-refractivity contribution in [1.29, 1.82) is 0 Å². The number of para-hydroxylation sites is 1. The van der Waals surface area contributed by atoms with Crippen LogP contribution in [-0.4, -0.2) is 32.9 Å². The van der Waals surface area contributed by atoms with Gasteiger partial charge in [-0.05, 0) is 81.3 Å². The Bertz CT molecular complexity index is 1450. The Hall–Kier alpha value is -3.71. The lowest BCUT2D eigenvalue weighted by Crippen LogP contribution is -2.47. The number of hydrogen-bond acceptors (Lipinski definition) is 4. The van der Waals surface area contributed by atoms with E-state index < -0.39 is 0 Å². The van der Waals surface area contributed by atoms with Gasteiger partial charge in [0, 0.05) is 41.0 Å². The van der Waals surface area contributed by atoms with Gasteiger partial charge < -0.3 is 9.80 Å². The maximum absolute atomic E-state index is 13.9. The Kier molecular flexibility index (Phi) is 6.26. The molecule has 0 aliphatic carbocycles. The van der Waals surface area contributed by atoms with Gasteiger partial charge in [-0.1, -0.05) is 35.0 Å². The number of carbonyl (C=O) groups is 2. The molecule has 5 rings (SSSR count). The Morgan fingerprint density at radius 1 is 1.06 bits per heavy atom. The number of aromatic nitrogens is 3. The van der Waals surface area contributed by atoms with Crippen LogP contribution in [0.1, 0.15) is 62.1 Å². The van der Waals surface area contributed by atoms with Crippen LogP contribution >= 0.6 is 11.6 Å². The minimum absolute atomic E-state index is 0.0669. The van der Waals surface area contributed by atoms with Crippen molar-refractivity contribution in [3.63, 3.8) is 0 Å². The van der Waals surface area contributed by atoms with Gasteiger partial charge >= 0.3 is 0 Å². The Balaban J connectivity index is 1.54. The number of anilines is 2. The average Bonchev–Trinajstić information content (AvgIpc) is 3.28. The first-order valence-electron chi connectivity index (χ1n) is 12.1. The summed E-state index contributed by atoms with van der Waals surface area (Å²) in [5.41, 5.74) is 4.65. The SMILES string of the molecule is CC(=O)N(c1ccc(Cl)cc1)[C@@H]1C[C@H](C)N(C(=O)c2ccc3c(c2)nnn3C(C)C)c2ccccc21. The van der Waals surface area contributed by atoms with Gasteiger partial charge in [0.15, 0.2) is 0 Å². The Labute approximate surface area is 215 Å². The van der Waals surface area contributed by atoms with E-state index in [9.17, 15) is 9.59 Å². The van der Waals surface area contributed by atoms with Crippen molar-refractivity contribution in [2.75, 3.05) is 9.80 Å². The minimum Gasteiger partial charge on any atom is -0.305 e. The summed E-state index contributed by atoms with van der Waals surface area (Å²) in [5, 5.41) is 9.12. The fourth-order valence-corrected chi connectivity index (χ4v) is 5.24. The number of nitrogens with zero attached hydrogens (tertiary/aromatic N) is 5. The zero-order valence-electron chi connectivity index (χ0n) is 20.7. The van der Waals surface area contributed by atoms with Gasteiger partial charge in [-0.3, -0.25) is 9.59 Å². The summed E-state index contributed by atoms with van der Waals surface area (Å²) in [7, 11) is 0. The summed E-state index contributed by atoms with van der Waals surface area (Å²) in [5.74, 6) is -0.168. The first-order valence-corrected chi connectivity index (χ1v) is 12.5. The number of benzene rings is 3. The van der Waals surface area contributed by atoms with Crippen molar-refractivity contribution in [3.8, 4) is 0 Å². The maximum Gasteiger partial charge on any atom is 0.258 e. The van der Waals surface area contributed by atoms with Gasteiger partial charge in [0.05, 0.1) is 11.6 Å². The van der Waals surface area contributed by atoms with E-state index in [2.05, 4.69) is 10.3 Å². The van der Waals surface area contributed by atoms with E-state index in [0.717, 1.165) is 22.5 Å². The molecule has 7 nitrogen and oxygen atoms in total. The van der Waals surface area contributed by atoms with Gasteiger partial charge in [-0.25, -0.2) is 4.68 Å². The Morgan fingerprint density at radius 2 is 1.78 bits per heavy atom. The number of fused-ring (bicyclic) bond motifs is 2. The van der Waals surface area contributed by atoms with Gasteiger partial charge in [-0.2, -0.15) is 0 Å². The van der Waals surface area contributed by atoms with Crippen LogP contribution in [0.5, 0.6) is 0 Å². The normalized spacial score (nSPS) is 17.3. The lowest BCUT2D eigenvalue weighted by Gasteiger charge is -2.43. The summed E-state index contributed by atoms with van der Waals surface area (Å²) in [6.45, 7) is 7.68. The topological polar surface area (TPSA) is 71.3 Å². The average molecular weight is 502 g/mol. The summed E-state index contributed by atoms with van der Waals surface area (Å²) in [6, 6.07) is 20.5. The van der Waals surface area contributed by atoms with Gasteiger partial charge in [-0.15, -0.1) is 5.10 Å². The lowest BCUT2D eigenvalue weighted by atomic mass is 9.89. The van der Waals surface area contributed by atoms with Crippen molar-refractivity contribution >= 4 is 45.8 Å². The van der Waals surface area contributed by atoms with E-state index in [4.69, 9.17) is 11.6 Å². The van der Waals surface area contributed by atoms with Crippen molar-refractivity contribution in [2.45, 2.75) is 52.2 Å². The molecular weight excluding hydrogens is 474 g/mol. The van der Waals surface area contributed by atoms with Crippen LogP contribution in [0.25, 0.3) is 11.0 Å². The third-order valence-electron chi connectivity index (χ3n) is 6.74. The summed E-state index contributed by atoms with van der Waals surface area (Å²) in [6.07, 6.45) is 0.594. The molecule has 0 saturated heterocycles. The molecule has 0 fully saturated rings. The van der Waals surface area contributed by atoms with Crippen LogP contribution in [-0.2, 0) is 4.79 Å². The number of hydrogen-bond donors (Lipinski definition) is 0. The van der Waals surface area contributed by atoms with Crippen LogP contribution in [0.4, 0.5) is 11.4 Å². The zero-order valence-corrected chi connectivity index (χ0v) is 21.5.